The molecule has 2 fully saturated rings. The van der Waals surface area contributed by atoms with Gasteiger partial charge in [0.2, 0.25) is 0 Å². The van der Waals surface area contributed by atoms with Crippen molar-refractivity contribution in [3.63, 3.8) is 0 Å². The third-order valence-corrected chi connectivity index (χ3v) is 7.28. The summed E-state index contributed by atoms with van der Waals surface area (Å²) in [4.78, 5) is 39.0. The number of anilines is 1. The SMILES string of the molecule is CC(C)c1c(C(=O)N2CCN(c3ccccn3)CC2)nc(-c2ccc(F)cc2)n1CCC1CCCC(=O)O1. The summed E-state index contributed by atoms with van der Waals surface area (Å²) in [5, 5.41) is 0. The quantitative estimate of drug-likeness (QED) is 0.423. The standard InChI is InChI=1S/C29H34FN5O3/c1-20(2)27-26(29(37)34-18-16-33(17-19-34)24-7-3-4-14-31-24)32-28(21-9-11-22(30)12-10-21)35(27)15-13-23-6-5-8-25(36)38-23/h3-4,7,9-12,14,20,23H,5-6,8,13,15-19H2,1-2H3. The van der Waals surface area contributed by atoms with Crippen LogP contribution in [0.2, 0.25) is 0 Å². The number of carbonyl (C=O) groups is 2. The summed E-state index contributed by atoms with van der Waals surface area (Å²) in [6, 6.07) is 12.0. The smallest absolute Gasteiger partial charge is 0.306 e. The summed E-state index contributed by atoms with van der Waals surface area (Å²) in [6.07, 6.45) is 4.37. The van der Waals surface area contributed by atoms with Crippen molar-refractivity contribution in [1.82, 2.24) is 19.4 Å². The minimum atomic E-state index is -0.327. The van der Waals surface area contributed by atoms with Crippen LogP contribution in [-0.4, -0.2) is 63.6 Å². The molecule has 38 heavy (non-hydrogen) atoms. The van der Waals surface area contributed by atoms with Crippen molar-refractivity contribution in [3.05, 3.63) is 65.9 Å². The lowest BCUT2D eigenvalue weighted by atomic mass is 10.0. The van der Waals surface area contributed by atoms with Gasteiger partial charge in [0, 0.05) is 57.3 Å². The second-order valence-corrected chi connectivity index (χ2v) is 10.2. The van der Waals surface area contributed by atoms with Crippen molar-refractivity contribution in [2.45, 2.75) is 58.1 Å². The Hall–Kier alpha value is -3.75. The fourth-order valence-electron chi connectivity index (χ4n) is 5.34. The highest BCUT2D eigenvalue weighted by Gasteiger charge is 2.31. The molecule has 0 bridgehead atoms. The summed E-state index contributed by atoms with van der Waals surface area (Å²) >= 11 is 0. The van der Waals surface area contributed by atoms with Gasteiger partial charge in [-0.25, -0.2) is 14.4 Å². The fraction of sp³-hybridized carbons (Fsp3) is 0.448. The zero-order chi connectivity index (χ0) is 26.6. The Morgan fingerprint density at radius 3 is 2.53 bits per heavy atom. The lowest BCUT2D eigenvalue weighted by molar-refractivity contribution is -0.154. The Balaban J connectivity index is 1.43. The number of carbonyl (C=O) groups excluding carboxylic acids is 2. The van der Waals surface area contributed by atoms with E-state index in [1.165, 1.54) is 12.1 Å². The van der Waals surface area contributed by atoms with Gasteiger partial charge < -0.3 is 19.1 Å². The lowest BCUT2D eigenvalue weighted by Gasteiger charge is -2.35. The van der Waals surface area contributed by atoms with Crippen LogP contribution in [0.5, 0.6) is 0 Å². The molecule has 3 aromatic rings. The minimum Gasteiger partial charge on any atom is -0.462 e. The molecular formula is C29H34FN5O3. The molecule has 1 amide bonds. The van der Waals surface area contributed by atoms with Gasteiger partial charge in [0.25, 0.3) is 5.91 Å². The number of ether oxygens (including phenoxy) is 1. The fourth-order valence-corrected chi connectivity index (χ4v) is 5.34. The van der Waals surface area contributed by atoms with E-state index in [0.717, 1.165) is 29.9 Å². The number of aromatic nitrogens is 3. The molecule has 0 spiro atoms. The van der Waals surface area contributed by atoms with Crippen LogP contribution in [-0.2, 0) is 16.1 Å². The number of hydrogen-bond acceptors (Lipinski definition) is 6. The van der Waals surface area contributed by atoms with Crippen molar-refractivity contribution in [2.24, 2.45) is 0 Å². The van der Waals surface area contributed by atoms with Crippen LogP contribution in [0, 0.1) is 5.82 Å². The molecule has 2 aliphatic rings. The Morgan fingerprint density at radius 1 is 1.11 bits per heavy atom. The van der Waals surface area contributed by atoms with Crippen molar-refractivity contribution >= 4 is 17.7 Å². The number of cyclic esters (lactones) is 1. The number of hydrogen-bond donors (Lipinski definition) is 0. The van der Waals surface area contributed by atoms with Crippen LogP contribution in [0.1, 0.15) is 61.6 Å². The first-order valence-electron chi connectivity index (χ1n) is 13.4. The second-order valence-electron chi connectivity index (χ2n) is 10.2. The van der Waals surface area contributed by atoms with Gasteiger partial charge in [0.15, 0.2) is 5.69 Å². The van der Waals surface area contributed by atoms with Crippen LogP contribution in [0.4, 0.5) is 10.2 Å². The van der Waals surface area contributed by atoms with Gasteiger partial charge in [-0.3, -0.25) is 9.59 Å². The first kappa shape index (κ1) is 25.9. The summed E-state index contributed by atoms with van der Waals surface area (Å²) in [5.41, 5.74) is 2.03. The van der Waals surface area contributed by atoms with Crippen LogP contribution >= 0.6 is 0 Å². The molecule has 1 unspecified atom stereocenters. The maximum atomic E-state index is 13.9. The molecule has 2 aliphatic heterocycles. The zero-order valence-electron chi connectivity index (χ0n) is 22.0. The van der Waals surface area contributed by atoms with Crippen LogP contribution in [0.3, 0.4) is 0 Å². The summed E-state index contributed by atoms with van der Waals surface area (Å²) in [6.45, 7) is 7.19. The van der Waals surface area contributed by atoms with Gasteiger partial charge in [0.05, 0.1) is 5.69 Å². The summed E-state index contributed by atoms with van der Waals surface area (Å²) in [5.74, 6) is 0.988. The molecule has 9 heteroatoms. The number of esters is 1. The van der Waals surface area contributed by atoms with E-state index < -0.39 is 0 Å². The number of imidazole rings is 1. The Labute approximate surface area is 222 Å². The molecule has 5 rings (SSSR count). The van der Waals surface area contributed by atoms with Gasteiger partial charge in [-0.2, -0.15) is 0 Å². The number of amides is 1. The number of halogens is 1. The molecule has 0 aliphatic carbocycles. The molecule has 2 saturated heterocycles. The Bertz CT molecular complexity index is 1270. The third-order valence-electron chi connectivity index (χ3n) is 7.28. The van der Waals surface area contributed by atoms with Crippen LogP contribution in [0.25, 0.3) is 11.4 Å². The van der Waals surface area contributed by atoms with Crippen molar-refractivity contribution in [2.75, 3.05) is 31.1 Å². The summed E-state index contributed by atoms with van der Waals surface area (Å²) in [7, 11) is 0. The van der Waals surface area contributed by atoms with Gasteiger partial charge >= 0.3 is 5.97 Å². The van der Waals surface area contributed by atoms with E-state index in [1.807, 2.05) is 23.1 Å². The number of nitrogens with zero attached hydrogens (tertiary/aromatic N) is 5. The van der Waals surface area contributed by atoms with Gasteiger partial charge in [0.1, 0.15) is 23.6 Å². The van der Waals surface area contributed by atoms with Gasteiger partial charge in [-0.15, -0.1) is 0 Å². The number of rotatable bonds is 7. The van der Waals surface area contributed by atoms with E-state index in [-0.39, 0.29) is 29.7 Å². The first-order chi connectivity index (χ1) is 18.4. The number of pyridine rings is 1. The molecule has 200 valence electrons. The van der Waals surface area contributed by atoms with E-state index in [0.29, 0.717) is 57.1 Å². The predicted molar refractivity (Wildman–Crippen MR) is 142 cm³/mol. The highest BCUT2D eigenvalue weighted by atomic mass is 19.1. The lowest BCUT2D eigenvalue weighted by Crippen LogP contribution is -2.49. The van der Waals surface area contributed by atoms with Crippen molar-refractivity contribution < 1.29 is 18.7 Å². The molecule has 0 radical (unpaired) electrons. The minimum absolute atomic E-state index is 0.0272. The average Bonchev–Trinajstić information content (AvgIpc) is 3.32. The maximum absolute atomic E-state index is 13.9. The van der Waals surface area contributed by atoms with Crippen LogP contribution < -0.4 is 4.90 Å². The Kier molecular flexibility index (Phi) is 7.72. The molecule has 1 atom stereocenters. The normalized spacial score (nSPS) is 18.1. The predicted octanol–water partition coefficient (Wildman–Crippen LogP) is 4.66. The van der Waals surface area contributed by atoms with Gasteiger partial charge in [-0.05, 0) is 55.2 Å². The van der Waals surface area contributed by atoms with E-state index in [4.69, 9.17) is 9.72 Å². The summed E-state index contributed by atoms with van der Waals surface area (Å²) < 4.78 is 21.3. The average molecular weight is 520 g/mol. The molecule has 0 saturated carbocycles. The maximum Gasteiger partial charge on any atom is 0.306 e. The number of piperazine rings is 1. The first-order valence-corrected chi connectivity index (χ1v) is 13.4. The molecular weight excluding hydrogens is 485 g/mol. The van der Waals surface area contributed by atoms with E-state index >= 15 is 0 Å². The molecule has 4 heterocycles. The van der Waals surface area contributed by atoms with E-state index in [1.54, 1.807) is 18.3 Å². The van der Waals surface area contributed by atoms with Gasteiger partial charge in [-0.1, -0.05) is 19.9 Å². The Morgan fingerprint density at radius 2 is 1.87 bits per heavy atom. The molecule has 8 nitrogen and oxygen atoms in total. The van der Waals surface area contributed by atoms with Crippen molar-refractivity contribution in [1.29, 1.82) is 0 Å². The van der Waals surface area contributed by atoms with E-state index in [2.05, 4.69) is 28.3 Å². The van der Waals surface area contributed by atoms with Crippen molar-refractivity contribution in [3.8, 4) is 11.4 Å². The molecule has 1 aromatic carbocycles. The monoisotopic (exact) mass is 519 g/mol. The third kappa shape index (κ3) is 5.56. The number of benzene rings is 1. The zero-order valence-corrected chi connectivity index (χ0v) is 22.0. The van der Waals surface area contributed by atoms with Crippen LogP contribution in [0.15, 0.2) is 48.7 Å². The highest BCUT2D eigenvalue weighted by Crippen LogP contribution is 2.30. The van der Waals surface area contributed by atoms with E-state index in [9.17, 15) is 14.0 Å². The topological polar surface area (TPSA) is 80.6 Å². The largest absolute Gasteiger partial charge is 0.462 e. The highest BCUT2D eigenvalue weighted by molar-refractivity contribution is 5.94. The second kappa shape index (κ2) is 11.3. The molecule has 0 N–H and O–H groups in total. The molecule has 2 aromatic heterocycles.